The Morgan fingerprint density at radius 3 is 2.75 bits per heavy atom. The number of hydrogen-bond donors (Lipinski definition) is 2. The maximum absolute atomic E-state index is 4.45. The lowest BCUT2D eigenvalue weighted by Crippen LogP contribution is -2.50. The highest BCUT2D eigenvalue weighted by molar-refractivity contribution is 7.80. The molecule has 3 heteroatoms. The lowest BCUT2D eigenvalue weighted by Gasteiger charge is -2.38. The molecular formula is C9H20N2S. The van der Waals surface area contributed by atoms with Crippen molar-refractivity contribution in [2.75, 3.05) is 20.1 Å². The van der Waals surface area contributed by atoms with Gasteiger partial charge in [0.2, 0.25) is 0 Å². The van der Waals surface area contributed by atoms with Gasteiger partial charge in [-0.3, -0.25) is 4.90 Å². The van der Waals surface area contributed by atoms with Crippen LogP contribution in [0.15, 0.2) is 0 Å². The largest absolute Gasteiger partial charge is 0.315 e. The minimum atomic E-state index is 0.397. The van der Waals surface area contributed by atoms with Gasteiger partial charge in [0.05, 0.1) is 0 Å². The van der Waals surface area contributed by atoms with Crippen LogP contribution < -0.4 is 5.32 Å². The molecule has 1 aliphatic heterocycles. The maximum Gasteiger partial charge on any atom is 0.0499 e. The summed E-state index contributed by atoms with van der Waals surface area (Å²) in [5.41, 5.74) is 0. The molecule has 0 saturated carbocycles. The highest BCUT2D eigenvalue weighted by Crippen LogP contribution is 2.19. The van der Waals surface area contributed by atoms with Gasteiger partial charge in [0.1, 0.15) is 0 Å². The summed E-state index contributed by atoms with van der Waals surface area (Å²) in [5, 5.41) is 3.76. The Morgan fingerprint density at radius 2 is 2.25 bits per heavy atom. The smallest absolute Gasteiger partial charge is 0.0499 e. The van der Waals surface area contributed by atoms with Crippen LogP contribution in [0.1, 0.15) is 20.3 Å². The third-order valence-electron chi connectivity index (χ3n) is 2.89. The predicted molar refractivity (Wildman–Crippen MR) is 56.6 cm³/mol. The molecule has 1 fully saturated rings. The van der Waals surface area contributed by atoms with Crippen LogP contribution in [-0.2, 0) is 0 Å². The number of piperidine rings is 1. The van der Waals surface area contributed by atoms with Crippen molar-refractivity contribution in [2.24, 2.45) is 5.92 Å². The van der Waals surface area contributed by atoms with Gasteiger partial charge >= 0.3 is 0 Å². The molecule has 0 spiro atoms. The molecular weight excluding hydrogens is 168 g/mol. The van der Waals surface area contributed by atoms with Crippen molar-refractivity contribution < 1.29 is 0 Å². The molecule has 72 valence electrons. The van der Waals surface area contributed by atoms with Crippen molar-refractivity contribution in [3.63, 3.8) is 0 Å². The molecule has 0 radical (unpaired) electrons. The number of nitrogens with zero attached hydrogens (tertiary/aromatic N) is 1. The Labute approximate surface area is 81.1 Å². The molecule has 0 bridgehead atoms. The van der Waals surface area contributed by atoms with Gasteiger partial charge in [-0.05, 0) is 32.9 Å². The average Bonchev–Trinajstić information content (AvgIpc) is 2.05. The first-order chi connectivity index (χ1) is 5.65. The number of hydrogen-bond acceptors (Lipinski definition) is 3. The standard InChI is InChI=1S/C9H20N2S/c1-7-4-5-11(8(2)12)6-9(7)10-3/h7-10,12H,4-6H2,1-3H3. The van der Waals surface area contributed by atoms with Crippen LogP contribution in [0.4, 0.5) is 0 Å². The maximum atomic E-state index is 4.45. The zero-order valence-electron chi connectivity index (χ0n) is 8.25. The summed E-state index contributed by atoms with van der Waals surface area (Å²) in [4.78, 5) is 2.42. The van der Waals surface area contributed by atoms with Gasteiger partial charge in [-0.2, -0.15) is 12.6 Å². The van der Waals surface area contributed by atoms with Crippen molar-refractivity contribution in [1.82, 2.24) is 10.2 Å². The number of thiol groups is 1. The van der Waals surface area contributed by atoms with Gasteiger partial charge in [0.25, 0.3) is 0 Å². The van der Waals surface area contributed by atoms with E-state index in [4.69, 9.17) is 0 Å². The van der Waals surface area contributed by atoms with Gasteiger partial charge in [-0.1, -0.05) is 6.92 Å². The van der Waals surface area contributed by atoms with E-state index in [0.717, 1.165) is 12.5 Å². The topological polar surface area (TPSA) is 15.3 Å². The Bertz CT molecular complexity index is 138. The van der Waals surface area contributed by atoms with Crippen LogP contribution in [0, 0.1) is 5.92 Å². The van der Waals surface area contributed by atoms with Crippen molar-refractivity contribution in [3.05, 3.63) is 0 Å². The molecule has 3 unspecified atom stereocenters. The SMILES string of the molecule is CNC1CN(C(C)S)CCC1C. The Hall–Kier alpha value is 0.270. The van der Waals surface area contributed by atoms with Crippen LogP contribution in [-0.4, -0.2) is 36.5 Å². The van der Waals surface area contributed by atoms with Crippen LogP contribution in [0.25, 0.3) is 0 Å². The van der Waals surface area contributed by atoms with E-state index in [2.05, 4.69) is 36.7 Å². The van der Waals surface area contributed by atoms with Crippen LogP contribution in [0.5, 0.6) is 0 Å². The van der Waals surface area contributed by atoms with Gasteiger partial charge < -0.3 is 5.32 Å². The molecule has 3 atom stereocenters. The minimum absolute atomic E-state index is 0.397. The molecule has 0 aromatic carbocycles. The molecule has 12 heavy (non-hydrogen) atoms. The zero-order chi connectivity index (χ0) is 9.14. The highest BCUT2D eigenvalue weighted by Gasteiger charge is 2.25. The lowest BCUT2D eigenvalue weighted by molar-refractivity contribution is 0.149. The van der Waals surface area contributed by atoms with E-state index in [1.807, 2.05) is 7.05 Å². The van der Waals surface area contributed by atoms with Gasteiger partial charge in [0, 0.05) is 18.0 Å². The summed E-state index contributed by atoms with van der Waals surface area (Å²) in [7, 11) is 2.05. The zero-order valence-corrected chi connectivity index (χ0v) is 9.14. The predicted octanol–water partition coefficient (Wildman–Crippen LogP) is 1.19. The van der Waals surface area contributed by atoms with Gasteiger partial charge in [-0.25, -0.2) is 0 Å². The summed E-state index contributed by atoms with van der Waals surface area (Å²) < 4.78 is 0. The fourth-order valence-electron chi connectivity index (χ4n) is 1.81. The highest BCUT2D eigenvalue weighted by atomic mass is 32.1. The molecule has 1 aliphatic rings. The monoisotopic (exact) mass is 188 g/mol. The molecule has 0 aromatic heterocycles. The quantitative estimate of drug-likeness (QED) is 0.633. The summed E-state index contributed by atoms with van der Waals surface area (Å²) in [6, 6.07) is 0.647. The number of likely N-dealkylation sites (N-methyl/N-ethyl adjacent to an activating group) is 1. The van der Waals surface area contributed by atoms with Crippen LogP contribution >= 0.6 is 12.6 Å². The van der Waals surface area contributed by atoms with Gasteiger partial charge in [0.15, 0.2) is 0 Å². The van der Waals surface area contributed by atoms with Crippen molar-refractivity contribution in [1.29, 1.82) is 0 Å². The van der Waals surface area contributed by atoms with E-state index >= 15 is 0 Å². The second-order valence-electron chi connectivity index (χ2n) is 3.79. The summed E-state index contributed by atoms with van der Waals surface area (Å²) >= 11 is 4.45. The molecule has 2 nitrogen and oxygen atoms in total. The van der Waals surface area contributed by atoms with Crippen molar-refractivity contribution in [3.8, 4) is 0 Å². The molecule has 0 aromatic rings. The minimum Gasteiger partial charge on any atom is -0.315 e. The van der Waals surface area contributed by atoms with Crippen LogP contribution in [0.2, 0.25) is 0 Å². The fourth-order valence-corrected chi connectivity index (χ4v) is 2.02. The normalized spacial score (nSPS) is 35.0. The van der Waals surface area contributed by atoms with E-state index in [0.29, 0.717) is 11.4 Å². The Morgan fingerprint density at radius 1 is 1.58 bits per heavy atom. The Balaban J connectivity index is 2.44. The Kier molecular flexibility index (Phi) is 3.87. The molecule has 0 aliphatic carbocycles. The molecule has 1 N–H and O–H groups in total. The number of rotatable bonds is 2. The third-order valence-corrected chi connectivity index (χ3v) is 3.22. The van der Waals surface area contributed by atoms with Crippen molar-refractivity contribution >= 4 is 12.6 Å². The third kappa shape index (κ3) is 2.38. The lowest BCUT2D eigenvalue weighted by atomic mass is 9.94. The fraction of sp³-hybridized carbons (Fsp3) is 1.00. The number of likely N-dealkylation sites (tertiary alicyclic amines) is 1. The summed E-state index contributed by atoms with van der Waals surface area (Å²) in [6.07, 6.45) is 1.29. The van der Waals surface area contributed by atoms with Gasteiger partial charge in [-0.15, -0.1) is 0 Å². The molecule has 1 saturated heterocycles. The second kappa shape index (κ2) is 4.49. The first-order valence-electron chi connectivity index (χ1n) is 4.74. The van der Waals surface area contributed by atoms with E-state index in [1.54, 1.807) is 0 Å². The van der Waals surface area contributed by atoms with Crippen molar-refractivity contribution in [2.45, 2.75) is 31.7 Å². The average molecular weight is 188 g/mol. The second-order valence-corrected chi connectivity index (χ2v) is 4.54. The van der Waals surface area contributed by atoms with E-state index in [1.165, 1.54) is 13.0 Å². The van der Waals surface area contributed by atoms with E-state index in [9.17, 15) is 0 Å². The summed E-state index contributed by atoms with van der Waals surface area (Å²) in [5.74, 6) is 0.804. The molecule has 0 amide bonds. The van der Waals surface area contributed by atoms with E-state index < -0.39 is 0 Å². The molecule has 1 rings (SSSR count). The first kappa shape index (κ1) is 10.4. The number of nitrogens with one attached hydrogen (secondary N) is 1. The first-order valence-corrected chi connectivity index (χ1v) is 5.26. The summed E-state index contributed by atoms with van der Waals surface area (Å²) in [6.45, 7) is 6.81. The van der Waals surface area contributed by atoms with E-state index in [-0.39, 0.29) is 0 Å². The van der Waals surface area contributed by atoms with Crippen LogP contribution in [0.3, 0.4) is 0 Å². The molecule has 1 heterocycles.